The molecule has 2 aliphatic rings. The van der Waals surface area contributed by atoms with E-state index in [0.717, 1.165) is 36.6 Å². The fourth-order valence-electron chi connectivity index (χ4n) is 4.08. The second kappa shape index (κ2) is 10.8. The molecule has 30 heavy (non-hydrogen) atoms. The molecule has 1 aromatic carbocycles. The maximum atomic E-state index is 12.3. The summed E-state index contributed by atoms with van der Waals surface area (Å²) in [6.45, 7) is 9.06. The third-order valence-corrected chi connectivity index (χ3v) is 6.00. The Hall–Kier alpha value is -2.12. The van der Waals surface area contributed by atoms with Crippen LogP contribution < -0.4 is 16.0 Å². The van der Waals surface area contributed by atoms with Gasteiger partial charge in [0.2, 0.25) is 0 Å². The van der Waals surface area contributed by atoms with Gasteiger partial charge in [-0.1, -0.05) is 18.6 Å². The second-order valence-electron chi connectivity index (χ2n) is 8.83. The highest BCUT2D eigenvalue weighted by atomic mass is 16.5. The van der Waals surface area contributed by atoms with Gasteiger partial charge in [0.05, 0.1) is 0 Å². The van der Waals surface area contributed by atoms with E-state index in [2.05, 4.69) is 39.7 Å². The van der Waals surface area contributed by atoms with Crippen LogP contribution in [-0.2, 0) is 16.1 Å². The van der Waals surface area contributed by atoms with Gasteiger partial charge in [-0.05, 0) is 70.3 Å². The zero-order valence-corrected chi connectivity index (χ0v) is 18.7. The minimum Gasteiger partial charge on any atom is -0.368 e. The van der Waals surface area contributed by atoms with Crippen LogP contribution in [-0.4, -0.2) is 61.7 Å². The molecule has 7 nitrogen and oxygen atoms in total. The van der Waals surface area contributed by atoms with Crippen molar-refractivity contribution in [1.82, 2.24) is 15.5 Å². The molecule has 1 amide bonds. The predicted octanol–water partition coefficient (Wildman–Crippen LogP) is 2.73. The Balaban J connectivity index is 1.48. The summed E-state index contributed by atoms with van der Waals surface area (Å²) in [4.78, 5) is 19.2. The van der Waals surface area contributed by atoms with Crippen LogP contribution in [0.3, 0.4) is 0 Å². The Morgan fingerprint density at radius 2 is 2.00 bits per heavy atom. The molecule has 0 aliphatic carbocycles. The standard InChI is InChI=1S/C23H37N5O2/c1-23(2,28-12-5-4-6-13-28)17-26-22(24-3)25-16-18-9-7-10-19(15-18)27-21(29)20-11-8-14-30-20/h7,9-10,15,20H,4-6,8,11-14,16-17H2,1-3H3,(H,27,29)(H2,24,25,26). The summed E-state index contributed by atoms with van der Waals surface area (Å²) in [5.41, 5.74) is 1.97. The van der Waals surface area contributed by atoms with Crippen molar-refractivity contribution in [3.8, 4) is 0 Å². The number of benzene rings is 1. The molecule has 7 heteroatoms. The lowest BCUT2D eigenvalue weighted by Crippen LogP contribution is -2.54. The maximum absolute atomic E-state index is 12.3. The van der Waals surface area contributed by atoms with Crippen LogP contribution in [0.5, 0.6) is 0 Å². The summed E-state index contributed by atoms with van der Waals surface area (Å²) < 4.78 is 5.46. The van der Waals surface area contributed by atoms with Crippen LogP contribution >= 0.6 is 0 Å². The number of aliphatic imine (C=N–C) groups is 1. The van der Waals surface area contributed by atoms with Crippen molar-refractivity contribution < 1.29 is 9.53 Å². The fraction of sp³-hybridized carbons (Fsp3) is 0.652. The summed E-state index contributed by atoms with van der Waals surface area (Å²) in [6, 6.07) is 7.90. The van der Waals surface area contributed by atoms with Crippen molar-refractivity contribution in [1.29, 1.82) is 0 Å². The number of piperidine rings is 1. The predicted molar refractivity (Wildman–Crippen MR) is 122 cm³/mol. The van der Waals surface area contributed by atoms with E-state index >= 15 is 0 Å². The monoisotopic (exact) mass is 415 g/mol. The lowest BCUT2D eigenvalue weighted by molar-refractivity contribution is -0.124. The summed E-state index contributed by atoms with van der Waals surface area (Å²) in [7, 11) is 1.79. The summed E-state index contributed by atoms with van der Waals surface area (Å²) in [5, 5.41) is 9.82. The second-order valence-corrected chi connectivity index (χ2v) is 8.83. The molecule has 2 heterocycles. The molecular formula is C23H37N5O2. The number of ether oxygens (including phenoxy) is 1. The van der Waals surface area contributed by atoms with Crippen LogP contribution in [0, 0.1) is 0 Å². The lowest BCUT2D eigenvalue weighted by atomic mass is 9.98. The topological polar surface area (TPSA) is 78.0 Å². The van der Waals surface area contributed by atoms with E-state index in [4.69, 9.17) is 4.74 Å². The number of anilines is 1. The molecule has 0 bridgehead atoms. The molecular weight excluding hydrogens is 378 g/mol. The average Bonchev–Trinajstić information content (AvgIpc) is 3.30. The number of hydrogen-bond donors (Lipinski definition) is 3. The molecule has 3 rings (SSSR count). The Morgan fingerprint density at radius 1 is 1.20 bits per heavy atom. The zero-order valence-electron chi connectivity index (χ0n) is 18.7. The Kier molecular flexibility index (Phi) is 8.10. The molecule has 1 atom stereocenters. The van der Waals surface area contributed by atoms with Crippen LogP contribution in [0.25, 0.3) is 0 Å². The van der Waals surface area contributed by atoms with E-state index < -0.39 is 0 Å². The molecule has 0 spiro atoms. The van der Waals surface area contributed by atoms with Gasteiger partial charge in [-0.25, -0.2) is 0 Å². The van der Waals surface area contributed by atoms with E-state index in [-0.39, 0.29) is 17.6 Å². The quantitative estimate of drug-likeness (QED) is 0.471. The van der Waals surface area contributed by atoms with Gasteiger partial charge in [-0.2, -0.15) is 0 Å². The maximum Gasteiger partial charge on any atom is 0.253 e. The normalized spacial score (nSPS) is 20.8. The molecule has 0 saturated carbocycles. The van der Waals surface area contributed by atoms with Gasteiger partial charge >= 0.3 is 0 Å². The highest BCUT2D eigenvalue weighted by molar-refractivity contribution is 5.94. The zero-order chi connectivity index (χ0) is 21.4. The Bertz CT molecular complexity index is 722. The first-order valence-electron chi connectivity index (χ1n) is 11.2. The third kappa shape index (κ3) is 6.44. The van der Waals surface area contributed by atoms with Gasteiger partial charge in [-0.3, -0.25) is 14.7 Å². The summed E-state index contributed by atoms with van der Waals surface area (Å²) >= 11 is 0. The molecule has 2 aliphatic heterocycles. The Labute approximate surface area is 180 Å². The number of hydrogen-bond acceptors (Lipinski definition) is 4. The lowest BCUT2D eigenvalue weighted by Gasteiger charge is -2.41. The Morgan fingerprint density at radius 3 is 2.70 bits per heavy atom. The summed E-state index contributed by atoms with van der Waals surface area (Å²) in [6.07, 6.45) is 5.34. The molecule has 2 fully saturated rings. The van der Waals surface area contributed by atoms with Gasteiger partial charge in [0, 0.05) is 38.0 Å². The number of carbonyl (C=O) groups is 1. The number of guanidine groups is 1. The number of carbonyl (C=O) groups excluding carboxylic acids is 1. The van der Waals surface area contributed by atoms with Crippen molar-refractivity contribution in [2.45, 2.75) is 64.1 Å². The van der Waals surface area contributed by atoms with Crippen molar-refractivity contribution in [3.05, 3.63) is 29.8 Å². The van der Waals surface area contributed by atoms with E-state index in [1.807, 2.05) is 24.3 Å². The molecule has 0 aromatic heterocycles. The SMILES string of the molecule is CN=C(NCc1cccc(NC(=O)C2CCCO2)c1)NCC(C)(C)N1CCCCC1. The van der Waals surface area contributed by atoms with Crippen molar-refractivity contribution in [2.24, 2.45) is 4.99 Å². The first-order valence-corrected chi connectivity index (χ1v) is 11.2. The van der Waals surface area contributed by atoms with E-state index in [9.17, 15) is 4.79 Å². The molecule has 0 radical (unpaired) electrons. The highest BCUT2D eigenvalue weighted by Gasteiger charge is 2.28. The van der Waals surface area contributed by atoms with Gasteiger partial charge in [0.15, 0.2) is 5.96 Å². The summed E-state index contributed by atoms with van der Waals surface area (Å²) in [5.74, 6) is 0.726. The molecule has 3 N–H and O–H groups in total. The van der Waals surface area contributed by atoms with Crippen LogP contribution in [0.1, 0.15) is 51.5 Å². The van der Waals surface area contributed by atoms with Gasteiger partial charge < -0.3 is 20.7 Å². The van der Waals surface area contributed by atoms with Crippen molar-refractivity contribution in [3.63, 3.8) is 0 Å². The van der Waals surface area contributed by atoms with Crippen molar-refractivity contribution in [2.75, 3.05) is 38.6 Å². The molecule has 1 aromatic rings. The van der Waals surface area contributed by atoms with Gasteiger partial charge in [-0.15, -0.1) is 0 Å². The molecule has 1 unspecified atom stereocenters. The fourth-order valence-corrected chi connectivity index (χ4v) is 4.08. The van der Waals surface area contributed by atoms with Crippen LogP contribution in [0.15, 0.2) is 29.3 Å². The van der Waals surface area contributed by atoms with Gasteiger partial charge in [0.1, 0.15) is 6.10 Å². The minimum absolute atomic E-state index is 0.0602. The number of nitrogens with zero attached hydrogens (tertiary/aromatic N) is 2. The first kappa shape index (κ1) is 22.6. The third-order valence-electron chi connectivity index (χ3n) is 6.00. The smallest absolute Gasteiger partial charge is 0.253 e. The highest BCUT2D eigenvalue weighted by Crippen LogP contribution is 2.20. The number of amides is 1. The van der Waals surface area contributed by atoms with Crippen LogP contribution in [0.2, 0.25) is 0 Å². The largest absolute Gasteiger partial charge is 0.368 e. The minimum atomic E-state index is -0.321. The van der Waals surface area contributed by atoms with E-state index in [1.165, 1.54) is 32.4 Å². The average molecular weight is 416 g/mol. The molecule has 2 saturated heterocycles. The van der Waals surface area contributed by atoms with E-state index in [1.54, 1.807) is 7.05 Å². The van der Waals surface area contributed by atoms with Gasteiger partial charge in [0.25, 0.3) is 5.91 Å². The number of nitrogens with one attached hydrogen (secondary N) is 3. The van der Waals surface area contributed by atoms with E-state index in [0.29, 0.717) is 13.2 Å². The van der Waals surface area contributed by atoms with Crippen molar-refractivity contribution >= 4 is 17.6 Å². The first-order chi connectivity index (χ1) is 14.5. The van der Waals surface area contributed by atoms with Crippen LogP contribution in [0.4, 0.5) is 5.69 Å². The number of likely N-dealkylation sites (tertiary alicyclic amines) is 1. The molecule has 166 valence electrons. The number of rotatable bonds is 7.